The van der Waals surface area contributed by atoms with Gasteiger partial charge in [0.25, 0.3) is 0 Å². The molecule has 16 heteroatoms. The molecule has 0 rings (SSSR count). The molecule has 0 heterocycles. The molecule has 0 fully saturated rings. The van der Waals surface area contributed by atoms with Gasteiger partial charge < -0.3 is 39.1 Å². The number of hydrogen-bond acceptors (Lipinski definition) is 4. The zero-order chi connectivity index (χ0) is 19.4. The molecule has 0 bridgehead atoms. The van der Waals surface area contributed by atoms with Crippen LogP contribution in [-0.4, -0.2) is 49.9 Å². The van der Waals surface area contributed by atoms with Gasteiger partial charge in [0.15, 0.2) is 10.8 Å². The molecule has 0 radical (unpaired) electrons. The van der Waals surface area contributed by atoms with E-state index in [0.717, 1.165) is 0 Å². The van der Waals surface area contributed by atoms with Gasteiger partial charge in [0.2, 0.25) is 0 Å². The number of unbranched alkanes of at least 4 members (excludes halogenated alkanes) is 3. The van der Waals surface area contributed by atoms with Crippen molar-refractivity contribution in [2.75, 3.05) is 0 Å². The second kappa shape index (κ2) is 9.00. The third-order valence-corrected chi connectivity index (χ3v) is 11.0. The van der Waals surface area contributed by atoms with Crippen LogP contribution in [0.5, 0.6) is 0 Å². The highest BCUT2D eigenvalue weighted by Crippen LogP contribution is 2.62. The van der Waals surface area contributed by atoms with E-state index in [1.165, 1.54) is 0 Å². The van der Waals surface area contributed by atoms with Crippen LogP contribution in [0.1, 0.15) is 38.5 Å². The van der Waals surface area contributed by atoms with E-state index in [9.17, 15) is 18.3 Å². The van der Waals surface area contributed by atoms with E-state index in [0.29, 0.717) is 0 Å². The third kappa shape index (κ3) is 9.34. The molecule has 0 unspecified atom stereocenters. The number of rotatable bonds is 11. The van der Waals surface area contributed by atoms with Crippen molar-refractivity contribution < 1.29 is 57.4 Å². The Morgan fingerprint density at radius 3 is 0.833 bits per heavy atom. The first-order valence-corrected chi connectivity index (χ1v) is 13.4. The zero-order valence-electron chi connectivity index (χ0n) is 12.4. The molecule has 146 valence electrons. The largest absolute Gasteiger partial charge is 0.340 e. The van der Waals surface area contributed by atoms with Gasteiger partial charge >= 0.3 is 30.4 Å². The van der Waals surface area contributed by atoms with Crippen molar-refractivity contribution in [2.45, 2.75) is 49.3 Å². The maximum absolute atomic E-state index is 11.0. The third-order valence-electron chi connectivity index (χ3n) is 3.23. The molecule has 8 N–H and O–H groups in total. The van der Waals surface area contributed by atoms with Crippen LogP contribution < -0.4 is 0 Å². The second-order valence-electron chi connectivity index (χ2n) is 5.31. The van der Waals surface area contributed by atoms with Crippen molar-refractivity contribution in [1.82, 2.24) is 0 Å². The van der Waals surface area contributed by atoms with E-state index >= 15 is 0 Å². The van der Waals surface area contributed by atoms with Gasteiger partial charge in [-0.25, -0.2) is 0 Å². The van der Waals surface area contributed by atoms with Crippen LogP contribution in [0, 0.1) is 0 Å². The monoisotopic (exact) mass is 434 g/mol. The van der Waals surface area contributed by atoms with Gasteiger partial charge in [-0.1, -0.05) is 25.7 Å². The van der Waals surface area contributed by atoms with Crippen molar-refractivity contribution in [2.24, 2.45) is 0 Å². The lowest BCUT2D eigenvalue weighted by Crippen LogP contribution is -2.10. The van der Waals surface area contributed by atoms with Gasteiger partial charge in [-0.05, 0) is 12.8 Å². The lowest BCUT2D eigenvalue weighted by atomic mass is 10.1. The molecule has 12 nitrogen and oxygen atoms in total. The molecule has 0 aromatic heterocycles. The Balaban J connectivity index is 4.41. The van der Waals surface area contributed by atoms with E-state index < -0.39 is 54.0 Å². The molecule has 0 saturated heterocycles. The van der Waals surface area contributed by atoms with Crippen LogP contribution in [-0.2, 0) is 18.3 Å². The summed E-state index contributed by atoms with van der Waals surface area (Å²) in [6.07, 6.45) is -0.421. The summed E-state index contributed by atoms with van der Waals surface area (Å²) in [5.74, 6) is 0. The molecule has 0 spiro atoms. The highest BCUT2D eigenvalue weighted by Gasteiger charge is 2.43. The molecule has 0 atom stereocenters. The van der Waals surface area contributed by atoms with Crippen LogP contribution in [0.25, 0.3) is 0 Å². The average Bonchev–Trinajstić information content (AvgIpc) is 2.25. The summed E-state index contributed by atoms with van der Waals surface area (Å²) in [6, 6.07) is 0. The fourth-order valence-electron chi connectivity index (χ4n) is 2.07. The minimum absolute atomic E-state index is 0.0252. The summed E-state index contributed by atoms with van der Waals surface area (Å²) < 4.78 is 44.1. The van der Waals surface area contributed by atoms with Crippen molar-refractivity contribution >= 4 is 30.4 Å². The van der Waals surface area contributed by atoms with Gasteiger partial charge in [-0.15, -0.1) is 0 Å². The highest BCUT2D eigenvalue weighted by atomic mass is 31.2. The molecule has 0 aromatic rings. The molecular weight excluding hydrogens is 412 g/mol. The molecule has 0 aliphatic carbocycles. The summed E-state index contributed by atoms with van der Waals surface area (Å²) in [7, 11) is -19.9. The smallest absolute Gasteiger partial charge is 0.324 e. The number of hydrogen-bond donors (Lipinski definition) is 8. The second-order valence-corrected chi connectivity index (χ2v) is 13.3. The van der Waals surface area contributed by atoms with Crippen molar-refractivity contribution in [1.29, 1.82) is 0 Å². The standard InChI is InChI=1S/C8H22O12P4/c9-21(10,11)7(22(12,13)14)5-3-1-2-4-6-8(23(15,16)17)24(18,19)20/h7-8H,1-6H2,(H2,9,10,11)(H2,12,13,14)(H2,15,16,17)(H2,18,19,20). The molecular formula is C8H22O12P4. The Hall–Kier alpha value is 0.600. The summed E-state index contributed by atoms with van der Waals surface area (Å²) in [4.78, 5) is 71.3. The summed E-state index contributed by atoms with van der Waals surface area (Å²) in [6.45, 7) is 0. The van der Waals surface area contributed by atoms with Crippen LogP contribution in [0.4, 0.5) is 0 Å². The first kappa shape index (κ1) is 24.6. The normalized spacial score (nSPS) is 14.6. The lowest BCUT2D eigenvalue weighted by Gasteiger charge is -2.20. The summed E-state index contributed by atoms with van der Waals surface area (Å²) in [5.41, 5.74) is 0. The van der Waals surface area contributed by atoms with Gasteiger partial charge in [-0.3, -0.25) is 18.3 Å². The average molecular weight is 434 g/mol. The molecule has 0 amide bonds. The van der Waals surface area contributed by atoms with E-state index in [2.05, 4.69) is 0 Å². The summed E-state index contributed by atoms with van der Waals surface area (Å²) in [5, 5.41) is -4.22. The Labute approximate surface area is 137 Å². The van der Waals surface area contributed by atoms with Gasteiger partial charge in [0.05, 0.1) is 0 Å². The van der Waals surface area contributed by atoms with E-state index in [1.54, 1.807) is 0 Å². The van der Waals surface area contributed by atoms with Crippen molar-refractivity contribution in [3.8, 4) is 0 Å². The van der Waals surface area contributed by atoms with Crippen LogP contribution in [0.3, 0.4) is 0 Å². The minimum atomic E-state index is -4.98. The lowest BCUT2D eigenvalue weighted by molar-refractivity contribution is 0.327. The Bertz CT molecular complexity index is 484. The molecule has 0 aromatic carbocycles. The minimum Gasteiger partial charge on any atom is -0.324 e. The highest BCUT2D eigenvalue weighted by molar-refractivity contribution is 7.71. The topological polar surface area (TPSA) is 230 Å². The van der Waals surface area contributed by atoms with E-state index in [4.69, 9.17) is 39.1 Å². The maximum atomic E-state index is 11.0. The van der Waals surface area contributed by atoms with Crippen molar-refractivity contribution in [3.05, 3.63) is 0 Å². The summed E-state index contributed by atoms with van der Waals surface area (Å²) >= 11 is 0. The first-order chi connectivity index (χ1) is 10.5. The molecule has 24 heavy (non-hydrogen) atoms. The van der Waals surface area contributed by atoms with Gasteiger partial charge in [-0.2, -0.15) is 0 Å². The predicted molar refractivity (Wildman–Crippen MR) is 83.5 cm³/mol. The zero-order valence-corrected chi connectivity index (χ0v) is 16.0. The first-order valence-electron chi connectivity index (χ1n) is 6.68. The fraction of sp³-hybridized carbons (Fsp3) is 1.00. The predicted octanol–water partition coefficient (Wildman–Crippen LogP) is 0.690. The van der Waals surface area contributed by atoms with Crippen LogP contribution in [0.15, 0.2) is 0 Å². The molecule has 0 aliphatic rings. The SMILES string of the molecule is O=P(O)(O)C(CCCCCCC(P(=O)(O)O)P(=O)(O)O)P(=O)(O)O. The van der Waals surface area contributed by atoms with E-state index in [-0.39, 0.29) is 25.7 Å². The Morgan fingerprint density at radius 2 is 0.667 bits per heavy atom. The van der Waals surface area contributed by atoms with E-state index in [1.807, 2.05) is 0 Å². The Kier molecular flexibility index (Phi) is 9.22. The van der Waals surface area contributed by atoms with Gasteiger partial charge in [0.1, 0.15) is 0 Å². The Morgan fingerprint density at radius 1 is 0.458 bits per heavy atom. The van der Waals surface area contributed by atoms with Crippen LogP contribution in [0.2, 0.25) is 0 Å². The maximum Gasteiger partial charge on any atom is 0.340 e. The van der Waals surface area contributed by atoms with Gasteiger partial charge in [0, 0.05) is 0 Å². The fourth-order valence-corrected chi connectivity index (χ4v) is 7.28. The quantitative estimate of drug-likeness (QED) is 0.166. The van der Waals surface area contributed by atoms with Crippen LogP contribution >= 0.6 is 30.4 Å². The molecule has 0 aliphatic heterocycles. The van der Waals surface area contributed by atoms with Crippen molar-refractivity contribution in [3.63, 3.8) is 0 Å². The molecule has 0 saturated carbocycles.